The third-order valence-electron chi connectivity index (χ3n) is 5.48. The second-order valence-electron chi connectivity index (χ2n) is 7.72. The summed E-state index contributed by atoms with van der Waals surface area (Å²) < 4.78 is 54.0. The van der Waals surface area contributed by atoms with E-state index in [-0.39, 0.29) is 28.7 Å². The molecule has 30 heavy (non-hydrogen) atoms. The van der Waals surface area contributed by atoms with Crippen LogP contribution in [0.1, 0.15) is 29.4 Å². The molecule has 3 heterocycles. The Bertz CT molecular complexity index is 1170. The van der Waals surface area contributed by atoms with Gasteiger partial charge in [0.2, 0.25) is 0 Å². The summed E-state index contributed by atoms with van der Waals surface area (Å²) in [6.07, 6.45) is 0.746. The van der Waals surface area contributed by atoms with E-state index in [0.717, 1.165) is 5.56 Å². The summed E-state index contributed by atoms with van der Waals surface area (Å²) in [5.74, 6) is 0.172. The minimum atomic E-state index is -3.18. The maximum Gasteiger partial charge on any atom is 0.269 e. The van der Waals surface area contributed by atoms with Gasteiger partial charge in [0.05, 0.1) is 41.9 Å². The van der Waals surface area contributed by atoms with E-state index in [2.05, 4.69) is 10.4 Å². The van der Waals surface area contributed by atoms with Crippen molar-refractivity contribution in [2.45, 2.75) is 24.9 Å². The summed E-state index contributed by atoms with van der Waals surface area (Å²) in [5.41, 5.74) is 1.52. The number of nitrogens with one attached hydrogen (secondary N) is 1. The van der Waals surface area contributed by atoms with Gasteiger partial charge < -0.3 is 10.1 Å². The number of amides is 1. The summed E-state index contributed by atoms with van der Waals surface area (Å²) in [6, 6.07) is 7.89. The Morgan fingerprint density at radius 3 is 2.30 bits per heavy atom. The van der Waals surface area contributed by atoms with Crippen LogP contribution < -0.4 is 10.1 Å². The van der Waals surface area contributed by atoms with Crippen LogP contribution in [0.2, 0.25) is 0 Å². The van der Waals surface area contributed by atoms with E-state index in [0.29, 0.717) is 24.3 Å². The second kappa shape index (κ2) is 7.69. The maximum atomic E-state index is 13.0. The molecular weight excluding hydrogens is 430 g/mol. The highest BCUT2D eigenvalue weighted by Gasteiger charge is 2.34. The van der Waals surface area contributed by atoms with Gasteiger partial charge in [-0.25, -0.2) is 16.8 Å². The number of benzene rings is 1. The summed E-state index contributed by atoms with van der Waals surface area (Å²) >= 11 is 0. The third kappa shape index (κ3) is 4.36. The van der Waals surface area contributed by atoms with Crippen molar-refractivity contribution in [1.29, 1.82) is 0 Å². The zero-order chi connectivity index (χ0) is 21.5. The highest BCUT2D eigenvalue weighted by atomic mass is 32.2. The fourth-order valence-corrected chi connectivity index (χ4v) is 7.25. The molecular formula is C19H23N3O6S2. The number of methoxy groups -OCH3 is 1. The van der Waals surface area contributed by atoms with Crippen LogP contribution in [-0.4, -0.2) is 68.7 Å². The molecule has 0 unspecified atom stereocenters. The fraction of sp³-hybridized carbons (Fsp3) is 0.474. The molecule has 2 aliphatic heterocycles. The molecule has 1 N–H and O–H groups in total. The van der Waals surface area contributed by atoms with Gasteiger partial charge in [-0.3, -0.25) is 9.48 Å². The minimum Gasteiger partial charge on any atom is -0.497 e. The highest BCUT2D eigenvalue weighted by molar-refractivity contribution is 7.91. The summed E-state index contributed by atoms with van der Waals surface area (Å²) in [5, 5.41) is 7.31. The molecule has 4 rings (SSSR count). The van der Waals surface area contributed by atoms with Gasteiger partial charge in [-0.2, -0.15) is 5.10 Å². The average molecular weight is 454 g/mol. The van der Waals surface area contributed by atoms with E-state index in [1.165, 1.54) is 4.68 Å². The number of ether oxygens (including phenoxy) is 1. The number of sulfone groups is 2. The van der Waals surface area contributed by atoms with Crippen LogP contribution in [0.3, 0.4) is 0 Å². The lowest BCUT2D eigenvalue weighted by Gasteiger charge is -2.15. The molecule has 0 spiro atoms. The van der Waals surface area contributed by atoms with Crippen LogP contribution in [0.15, 0.2) is 30.3 Å². The van der Waals surface area contributed by atoms with Gasteiger partial charge in [-0.15, -0.1) is 0 Å². The van der Waals surface area contributed by atoms with Crippen molar-refractivity contribution in [2.24, 2.45) is 0 Å². The van der Waals surface area contributed by atoms with Crippen molar-refractivity contribution in [1.82, 2.24) is 15.1 Å². The number of aromatic nitrogens is 2. The Morgan fingerprint density at radius 1 is 1.07 bits per heavy atom. The predicted octanol–water partition coefficient (Wildman–Crippen LogP) is 0.835. The zero-order valence-corrected chi connectivity index (χ0v) is 18.1. The van der Waals surface area contributed by atoms with Crippen LogP contribution in [0, 0.1) is 0 Å². The normalized spacial score (nSPS) is 24.6. The zero-order valence-electron chi connectivity index (χ0n) is 16.4. The van der Waals surface area contributed by atoms with Gasteiger partial charge in [0.25, 0.3) is 5.91 Å². The number of carbonyl (C=O) groups excluding carboxylic acids is 1. The quantitative estimate of drug-likeness (QED) is 0.711. The van der Waals surface area contributed by atoms with Crippen molar-refractivity contribution in [3.05, 3.63) is 36.0 Å². The van der Waals surface area contributed by atoms with E-state index in [1.807, 2.05) is 12.1 Å². The lowest BCUT2D eigenvalue weighted by Crippen LogP contribution is -2.37. The first kappa shape index (κ1) is 20.9. The largest absolute Gasteiger partial charge is 0.497 e. The molecule has 2 aromatic rings. The second-order valence-corrected chi connectivity index (χ2v) is 12.2. The number of nitrogens with zero attached hydrogens (tertiary/aromatic N) is 2. The van der Waals surface area contributed by atoms with Crippen molar-refractivity contribution >= 4 is 25.6 Å². The van der Waals surface area contributed by atoms with Crippen LogP contribution in [0.4, 0.5) is 0 Å². The lowest BCUT2D eigenvalue weighted by atomic mass is 10.1. The molecule has 2 fully saturated rings. The monoisotopic (exact) mass is 453 g/mol. The van der Waals surface area contributed by atoms with E-state index >= 15 is 0 Å². The number of hydrogen-bond acceptors (Lipinski definition) is 7. The van der Waals surface area contributed by atoms with Gasteiger partial charge in [0.1, 0.15) is 11.4 Å². The van der Waals surface area contributed by atoms with Gasteiger partial charge in [0, 0.05) is 11.6 Å². The van der Waals surface area contributed by atoms with E-state index in [4.69, 9.17) is 4.74 Å². The molecule has 0 radical (unpaired) electrons. The van der Waals surface area contributed by atoms with Crippen molar-refractivity contribution in [3.8, 4) is 17.0 Å². The smallest absolute Gasteiger partial charge is 0.269 e. The molecule has 162 valence electrons. The Hall–Kier alpha value is -2.40. The number of rotatable bonds is 5. The molecule has 1 aromatic heterocycles. The molecule has 11 heteroatoms. The van der Waals surface area contributed by atoms with E-state index in [1.54, 1.807) is 25.3 Å². The molecule has 9 nitrogen and oxygen atoms in total. The molecule has 0 saturated carbocycles. The SMILES string of the molecule is COc1ccc(-c2cc(C(=O)N[C@H]3CCS(=O)(=O)C3)n([C@H]3CCS(=O)(=O)C3)n2)cc1. The summed E-state index contributed by atoms with van der Waals surface area (Å²) in [4.78, 5) is 13.0. The molecule has 2 saturated heterocycles. The number of hydrogen-bond donors (Lipinski definition) is 1. The van der Waals surface area contributed by atoms with Crippen LogP contribution >= 0.6 is 0 Å². The average Bonchev–Trinajstić information content (AvgIpc) is 3.38. The standard InChI is InChI=1S/C19H23N3O6S2/c1-28-16-4-2-13(3-5-16)17-10-18(19(23)20-14-6-8-29(24,25)11-14)22(21-17)15-7-9-30(26,27)12-15/h2-5,10,14-15H,6-9,11-12H2,1H3,(H,20,23)/t14-,15-/m0/s1. The first-order valence-corrected chi connectivity index (χ1v) is 13.3. The van der Waals surface area contributed by atoms with E-state index < -0.39 is 37.7 Å². The maximum absolute atomic E-state index is 13.0. The molecule has 1 aromatic carbocycles. The van der Waals surface area contributed by atoms with Gasteiger partial charge in [-0.1, -0.05) is 0 Å². The molecule has 1 amide bonds. The Balaban J connectivity index is 1.66. The predicted molar refractivity (Wildman–Crippen MR) is 111 cm³/mol. The number of carbonyl (C=O) groups is 1. The molecule has 0 bridgehead atoms. The molecule has 2 atom stereocenters. The molecule has 0 aliphatic carbocycles. The Morgan fingerprint density at radius 2 is 1.73 bits per heavy atom. The Kier molecular flexibility index (Phi) is 5.35. The minimum absolute atomic E-state index is 0.0508. The van der Waals surface area contributed by atoms with Crippen LogP contribution in [0.25, 0.3) is 11.3 Å². The Labute approximate surface area is 175 Å². The van der Waals surface area contributed by atoms with Gasteiger partial charge in [-0.05, 0) is 43.2 Å². The lowest BCUT2D eigenvalue weighted by molar-refractivity contribution is 0.0928. The van der Waals surface area contributed by atoms with E-state index in [9.17, 15) is 21.6 Å². The topological polar surface area (TPSA) is 124 Å². The summed E-state index contributed by atoms with van der Waals surface area (Å²) in [7, 11) is -4.75. The first-order valence-electron chi connectivity index (χ1n) is 9.61. The highest BCUT2D eigenvalue weighted by Crippen LogP contribution is 2.29. The summed E-state index contributed by atoms with van der Waals surface area (Å²) in [6.45, 7) is 0. The van der Waals surface area contributed by atoms with Crippen molar-refractivity contribution in [2.75, 3.05) is 30.1 Å². The van der Waals surface area contributed by atoms with Crippen LogP contribution in [0.5, 0.6) is 5.75 Å². The van der Waals surface area contributed by atoms with Gasteiger partial charge in [0.15, 0.2) is 19.7 Å². The van der Waals surface area contributed by atoms with Crippen molar-refractivity contribution < 1.29 is 26.4 Å². The third-order valence-corrected chi connectivity index (χ3v) is 8.99. The molecule has 2 aliphatic rings. The first-order chi connectivity index (χ1) is 14.2. The van der Waals surface area contributed by atoms with Crippen molar-refractivity contribution in [3.63, 3.8) is 0 Å². The van der Waals surface area contributed by atoms with Crippen LogP contribution in [-0.2, 0) is 19.7 Å². The van der Waals surface area contributed by atoms with Gasteiger partial charge >= 0.3 is 0 Å². The fourth-order valence-electron chi connectivity index (χ4n) is 3.88.